The highest BCUT2D eigenvalue weighted by Gasteiger charge is 2.35. The Balaban J connectivity index is 1.13. The Morgan fingerprint density at radius 1 is 1.05 bits per heavy atom. The molecule has 4 heterocycles. The summed E-state index contributed by atoms with van der Waals surface area (Å²) in [6, 6.07) is 13.8. The summed E-state index contributed by atoms with van der Waals surface area (Å²) in [5, 5.41) is 4.68. The lowest BCUT2D eigenvalue weighted by atomic mass is 9.92. The average molecular weight is 750 g/mol. The molecular weight excluding hydrogens is 699 g/mol. The van der Waals surface area contributed by atoms with E-state index in [1.165, 1.54) is 7.11 Å². The number of aromatic nitrogens is 4. The van der Waals surface area contributed by atoms with Gasteiger partial charge in [0.2, 0.25) is 5.91 Å². The molecule has 13 heteroatoms. The Bertz CT molecular complexity index is 2250. The zero-order chi connectivity index (χ0) is 39.2. The predicted molar refractivity (Wildman–Crippen MR) is 210 cm³/mol. The van der Waals surface area contributed by atoms with Gasteiger partial charge in [-0.2, -0.15) is 0 Å². The minimum atomic E-state index is -0.732. The molecule has 5 aromatic rings. The van der Waals surface area contributed by atoms with Crippen molar-refractivity contribution in [3.05, 3.63) is 65.9 Å². The Hall–Kier alpha value is -5.59. The second-order valence-electron chi connectivity index (χ2n) is 16.4. The van der Waals surface area contributed by atoms with E-state index >= 15 is 0 Å². The molecule has 2 aromatic heterocycles. The van der Waals surface area contributed by atoms with Crippen molar-refractivity contribution in [1.82, 2.24) is 35.1 Å². The summed E-state index contributed by atoms with van der Waals surface area (Å²) in [5.74, 6) is 2.07. The van der Waals surface area contributed by atoms with Gasteiger partial charge in [0.15, 0.2) is 0 Å². The molecule has 1 fully saturated rings. The monoisotopic (exact) mass is 749 g/mol. The van der Waals surface area contributed by atoms with Gasteiger partial charge in [0.05, 0.1) is 42.6 Å². The van der Waals surface area contributed by atoms with Gasteiger partial charge in [-0.05, 0) is 91.8 Å². The number of rotatable bonds is 9. The SMILES string of the molecule is COC(=O)N[C@H](C(=O)N(Cc1nc2c(ccc3cc4c(cc32)OCc2cc(-c3cnc([C@@H]5CCCN5C(=O)OC(C)(C)C)[nH]3)ccc2-4)[nH]1)CC(C)C)C(C)C. The fourth-order valence-corrected chi connectivity index (χ4v) is 7.57. The fourth-order valence-electron chi connectivity index (χ4n) is 7.57. The first-order chi connectivity index (χ1) is 26.2. The topological polar surface area (TPSA) is 155 Å². The molecule has 0 saturated carbocycles. The Labute approximate surface area is 321 Å². The van der Waals surface area contributed by atoms with Crippen molar-refractivity contribution in [2.75, 3.05) is 20.2 Å². The predicted octanol–water partition coefficient (Wildman–Crippen LogP) is 8.10. The number of H-pyrrole nitrogens is 2. The van der Waals surface area contributed by atoms with E-state index in [2.05, 4.69) is 65.5 Å². The molecule has 0 unspecified atom stereocenters. The van der Waals surface area contributed by atoms with Crippen LogP contribution in [0, 0.1) is 11.8 Å². The van der Waals surface area contributed by atoms with Crippen LogP contribution in [0.3, 0.4) is 0 Å². The molecule has 3 amide bonds. The van der Waals surface area contributed by atoms with E-state index < -0.39 is 17.7 Å². The number of fused-ring (bicyclic) bond motifs is 6. The van der Waals surface area contributed by atoms with Crippen molar-refractivity contribution in [2.45, 2.75) is 92.1 Å². The van der Waals surface area contributed by atoms with Crippen molar-refractivity contribution < 1.29 is 28.6 Å². The van der Waals surface area contributed by atoms with Crippen LogP contribution in [-0.2, 0) is 27.4 Å². The zero-order valence-corrected chi connectivity index (χ0v) is 32.9. The maximum absolute atomic E-state index is 13.8. The Morgan fingerprint density at radius 3 is 2.58 bits per heavy atom. The molecular formula is C42H51N7O6. The van der Waals surface area contributed by atoms with Crippen LogP contribution >= 0.6 is 0 Å². The number of imidazole rings is 2. The van der Waals surface area contributed by atoms with E-state index in [0.29, 0.717) is 25.5 Å². The van der Waals surface area contributed by atoms with Crippen molar-refractivity contribution in [1.29, 1.82) is 0 Å². The smallest absolute Gasteiger partial charge is 0.410 e. The van der Waals surface area contributed by atoms with Gasteiger partial charge in [-0.3, -0.25) is 9.69 Å². The first kappa shape index (κ1) is 37.7. The van der Waals surface area contributed by atoms with E-state index in [0.717, 1.165) is 74.2 Å². The number of nitrogens with zero attached hydrogens (tertiary/aromatic N) is 4. The van der Waals surface area contributed by atoms with Gasteiger partial charge in [0.1, 0.15) is 35.6 Å². The van der Waals surface area contributed by atoms with Crippen LogP contribution in [0.4, 0.5) is 9.59 Å². The number of carbonyl (C=O) groups excluding carboxylic acids is 3. The van der Waals surface area contributed by atoms with Crippen molar-refractivity contribution >= 4 is 39.9 Å². The summed E-state index contributed by atoms with van der Waals surface area (Å²) in [6.07, 6.45) is 2.60. The highest BCUT2D eigenvalue weighted by molar-refractivity contribution is 6.07. The van der Waals surface area contributed by atoms with Crippen molar-refractivity contribution in [2.24, 2.45) is 11.8 Å². The van der Waals surface area contributed by atoms with E-state index in [9.17, 15) is 14.4 Å². The number of ether oxygens (including phenoxy) is 3. The maximum Gasteiger partial charge on any atom is 0.410 e. The molecule has 2 atom stereocenters. The lowest BCUT2D eigenvalue weighted by Crippen LogP contribution is -2.51. The molecule has 2 aliphatic rings. The Kier molecular flexibility index (Phi) is 10.2. The first-order valence-corrected chi connectivity index (χ1v) is 19.1. The largest absolute Gasteiger partial charge is 0.488 e. The minimum absolute atomic E-state index is 0.137. The normalized spacial score (nSPS) is 15.9. The summed E-state index contributed by atoms with van der Waals surface area (Å²) in [4.78, 5) is 58.9. The highest BCUT2D eigenvalue weighted by atomic mass is 16.6. The molecule has 0 spiro atoms. The van der Waals surface area contributed by atoms with Crippen LogP contribution in [0.15, 0.2) is 48.7 Å². The summed E-state index contributed by atoms with van der Waals surface area (Å²) in [6.45, 7) is 15.3. The summed E-state index contributed by atoms with van der Waals surface area (Å²) in [7, 11) is 1.29. The molecule has 13 nitrogen and oxygen atoms in total. The first-order valence-electron chi connectivity index (χ1n) is 19.1. The van der Waals surface area contributed by atoms with Gasteiger partial charge in [0.25, 0.3) is 0 Å². The molecule has 55 heavy (non-hydrogen) atoms. The highest BCUT2D eigenvalue weighted by Crippen LogP contribution is 2.43. The quantitative estimate of drug-likeness (QED) is 0.137. The number of nitrogens with one attached hydrogen (secondary N) is 3. The number of likely N-dealkylation sites (tertiary alicyclic amines) is 1. The summed E-state index contributed by atoms with van der Waals surface area (Å²) in [5.41, 5.74) is 6.14. The van der Waals surface area contributed by atoms with E-state index in [-0.39, 0.29) is 36.4 Å². The van der Waals surface area contributed by atoms with Gasteiger partial charge in [0, 0.05) is 24.0 Å². The van der Waals surface area contributed by atoms with Gasteiger partial charge in [-0.15, -0.1) is 0 Å². The number of methoxy groups -OCH3 is 1. The Morgan fingerprint density at radius 2 is 1.85 bits per heavy atom. The van der Waals surface area contributed by atoms with Gasteiger partial charge in [-0.25, -0.2) is 19.6 Å². The number of hydrogen-bond donors (Lipinski definition) is 3. The summed E-state index contributed by atoms with van der Waals surface area (Å²) >= 11 is 0. The molecule has 0 radical (unpaired) electrons. The lowest BCUT2D eigenvalue weighted by molar-refractivity contribution is -0.135. The van der Waals surface area contributed by atoms with E-state index in [1.807, 2.05) is 46.9 Å². The third-order valence-corrected chi connectivity index (χ3v) is 10.1. The molecule has 3 aromatic carbocycles. The lowest BCUT2D eigenvalue weighted by Gasteiger charge is -2.30. The zero-order valence-electron chi connectivity index (χ0n) is 32.9. The maximum atomic E-state index is 13.8. The second kappa shape index (κ2) is 14.9. The van der Waals surface area contributed by atoms with Gasteiger partial charge >= 0.3 is 12.2 Å². The number of aromatic amines is 2. The number of benzene rings is 3. The van der Waals surface area contributed by atoms with Crippen LogP contribution in [0.25, 0.3) is 44.2 Å². The van der Waals surface area contributed by atoms with E-state index in [4.69, 9.17) is 24.2 Å². The number of carbonyl (C=O) groups is 3. The van der Waals surface area contributed by atoms with Crippen LogP contribution in [0.5, 0.6) is 5.75 Å². The second-order valence-corrected chi connectivity index (χ2v) is 16.4. The van der Waals surface area contributed by atoms with Gasteiger partial charge < -0.3 is 34.4 Å². The molecule has 290 valence electrons. The van der Waals surface area contributed by atoms with E-state index in [1.54, 1.807) is 9.80 Å². The van der Waals surface area contributed by atoms with Crippen LogP contribution in [-0.4, -0.2) is 79.7 Å². The number of hydrogen-bond acceptors (Lipinski definition) is 8. The molecule has 0 bridgehead atoms. The van der Waals surface area contributed by atoms with Crippen LogP contribution in [0.1, 0.15) is 84.6 Å². The van der Waals surface area contributed by atoms with Crippen LogP contribution in [0.2, 0.25) is 0 Å². The third-order valence-electron chi connectivity index (χ3n) is 10.1. The number of amides is 3. The average Bonchev–Trinajstić information content (AvgIpc) is 3.91. The van der Waals surface area contributed by atoms with Crippen molar-refractivity contribution in [3.8, 4) is 28.1 Å². The summed E-state index contributed by atoms with van der Waals surface area (Å²) < 4.78 is 16.8. The number of alkyl carbamates (subject to hydrolysis) is 1. The minimum Gasteiger partial charge on any atom is -0.488 e. The molecule has 3 N–H and O–H groups in total. The molecule has 2 aliphatic heterocycles. The third kappa shape index (κ3) is 7.83. The standard InChI is InChI=1S/C42H51N7O6/c1-23(2)20-48(39(50)36(24(3)4)47-40(51)53-8)21-35-44-31-14-12-25-17-30-28-13-11-26(16-27(28)22-54-34(30)18-29(25)37(31)46-35)32-19-43-38(45-32)33-10-9-15-49(33)41(52)55-42(5,6)7/h11-14,16-19,23-24,33,36H,9-10,15,20-22H2,1-8H3,(H,43,45)(H,44,46)(H,47,51)/t33-,36-/m0/s1. The molecule has 0 aliphatic carbocycles. The molecule has 7 rings (SSSR count). The van der Waals surface area contributed by atoms with Crippen LogP contribution < -0.4 is 10.1 Å². The fraction of sp³-hybridized carbons (Fsp3) is 0.452. The van der Waals surface area contributed by atoms with Crippen molar-refractivity contribution in [3.63, 3.8) is 0 Å². The van der Waals surface area contributed by atoms with Gasteiger partial charge in [-0.1, -0.05) is 45.9 Å². The molecule has 1 saturated heterocycles.